The van der Waals surface area contributed by atoms with Crippen molar-refractivity contribution in [1.82, 2.24) is 15.6 Å². The van der Waals surface area contributed by atoms with E-state index >= 15 is 0 Å². The Balaban J connectivity index is 1.50. The van der Waals surface area contributed by atoms with Crippen LogP contribution in [0.4, 0.5) is 10.1 Å². The van der Waals surface area contributed by atoms with Crippen LogP contribution in [0.15, 0.2) is 30.5 Å². The number of carbonyl (C=O) groups excluding carboxylic acids is 1. The molecule has 1 amide bonds. The molecular formula is C17H21FN4OS. The molecule has 2 N–H and O–H groups in total. The predicted octanol–water partition coefficient (Wildman–Crippen LogP) is 1.73. The van der Waals surface area contributed by atoms with E-state index < -0.39 is 0 Å². The first-order valence-corrected chi connectivity index (χ1v) is 8.86. The Kier molecular flexibility index (Phi) is 5.42. The Hall–Kier alpha value is -1.99. The molecule has 1 unspecified atom stereocenters. The second-order valence-corrected chi connectivity index (χ2v) is 7.15. The number of carbonyl (C=O) groups is 1. The third-order valence-electron chi connectivity index (χ3n) is 3.99. The molecule has 0 bridgehead atoms. The van der Waals surface area contributed by atoms with Gasteiger partial charge in [-0.1, -0.05) is 0 Å². The van der Waals surface area contributed by atoms with E-state index in [1.807, 2.05) is 13.1 Å². The number of aryl methyl sites for hydroxylation is 1. The molecule has 1 aromatic heterocycles. The third kappa shape index (κ3) is 4.30. The molecule has 1 fully saturated rings. The number of aromatic nitrogens is 1. The van der Waals surface area contributed by atoms with Crippen molar-refractivity contribution in [3.05, 3.63) is 46.2 Å². The average molecular weight is 348 g/mol. The quantitative estimate of drug-likeness (QED) is 0.864. The highest BCUT2D eigenvalue weighted by Crippen LogP contribution is 2.16. The second kappa shape index (κ2) is 7.72. The van der Waals surface area contributed by atoms with Crippen LogP contribution in [0.3, 0.4) is 0 Å². The summed E-state index contributed by atoms with van der Waals surface area (Å²) < 4.78 is 13.0. The van der Waals surface area contributed by atoms with Crippen LogP contribution < -0.4 is 15.5 Å². The van der Waals surface area contributed by atoms with Crippen molar-refractivity contribution in [3.63, 3.8) is 0 Å². The molecular weight excluding hydrogens is 327 g/mol. The molecule has 7 heteroatoms. The van der Waals surface area contributed by atoms with Gasteiger partial charge in [0, 0.05) is 49.4 Å². The molecule has 1 aromatic carbocycles. The molecule has 0 saturated carbocycles. The minimum Gasteiger partial charge on any atom is -0.368 e. The van der Waals surface area contributed by atoms with Crippen LogP contribution in [-0.4, -0.2) is 43.1 Å². The molecule has 1 atom stereocenters. The fraction of sp³-hybridized carbons (Fsp3) is 0.412. The van der Waals surface area contributed by atoms with E-state index in [2.05, 4.69) is 20.5 Å². The van der Waals surface area contributed by atoms with Gasteiger partial charge in [-0.3, -0.25) is 4.79 Å². The van der Waals surface area contributed by atoms with Crippen LogP contribution in [0.5, 0.6) is 0 Å². The number of amides is 1. The third-order valence-corrected chi connectivity index (χ3v) is 4.96. The topological polar surface area (TPSA) is 57.3 Å². The van der Waals surface area contributed by atoms with E-state index in [9.17, 15) is 9.18 Å². The predicted molar refractivity (Wildman–Crippen MR) is 94.0 cm³/mol. The maximum Gasteiger partial charge on any atom is 0.238 e. The lowest BCUT2D eigenvalue weighted by Crippen LogP contribution is -2.57. The van der Waals surface area contributed by atoms with E-state index in [0.29, 0.717) is 13.1 Å². The van der Waals surface area contributed by atoms with Crippen LogP contribution in [0.2, 0.25) is 0 Å². The van der Waals surface area contributed by atoms with Crippen molar-refractivity contribution in [2.45, 2.75) is 19.4 Å². The first kappa shape index (κ1) is 16.9. The summed E-state index contributed by atoms with van der Waals surface area (Å²) >= 11 is 1.66. The zero-order valence-corrected chi connectivity index (χ0v) is 14.4. The summed E-state index contributed by atoms with van der Waals surface area (Å²) in [6.07, 6.45) is 2.60. The molecule has 1 aliphatic rings. The fourth-order valence-electron chi connectivity index (χ4n) is 2.74. The first-order valence-electron chi connectivity index (χ1n) is 8.05. The van der Waals surface area contributed by atoms with Crippen LogP contribution in [0.1, 0.15) is 9.88 Å². The number of rotatable bonds is 5. The Morgan fingerprint density at radius 1 is 1.46 bits per heavy atom. The number of hydrogen-bond donors (Lipinski definition) is 2. The SMILES string of the molecule is Cc1cnc(CCNC(=O)C2CN(c3ccc(F)cc3)CCN2)s1. The molecule has 5 nitrogen and oxygen atoms in total. The highest BCUT2D eigenvalue weighted by atomic mass is 32.1. The number of benzene rings is 1. The lowest BCUT2D eigenvalue weighted by molar-refractivity contribution is -0.123. The van der Waals surface area contributed by atoms with Crippen molar-refractivity contribution in [2.24, 2.45) is 0 Å². The normalized spacial score (nSPS) is 17.8. The van der Waals surface area contributed by atoms with Gasteiger partial charge in [-0.05, 0) is 31.2 Å². The van der Waals surface area contributed by atoms with Gasteiger partial charge in [-0.15, -0.1) is 11.3 Å². The maximum atomic E-state index is 13.0. The minimum atomic E-state index is -0.262. The van der Waals surface area contributed by atoms with Gasteiger partial charge in [-0.25, -0.2) is 9.37 Å². The lowest BCUT2D eigenvalue weighted by atomic mass is 10.1. The molecule has 1 saturated heterocycles. The minimum absolute atomic E-state index is 0.00455. The molecule has 128 valence electrons. The van der Waals surface area contributed by atoms with Gasteiger partial charge in [-0.2, -0.15) is 0 Å². The smallest absolute Gasteiger partial charge is 0.238 e. The van der Waals surface area contributed by atoms with Gasteiger partial charge in [0.05, 0.1) is 5.01 Å². The number of thiazole rings is 1. The molecule has 0 spiro atoms. The lowest BCUT2D eigenvalue weighted by Gasteiger charge is -2.34. The van der Waals surface area contributed by atoms with E-state index in [-0.39, 0.29) is 17.8 Å². The summed E-state index contributed by atoms with van der Waals surface area (Å²) in [7, 11) is 0. The number of hydrogen-bond acceptors (Lipinski definition) is 5. The molecule has 3 rings (SSSR count). The van der Waals surface area contributed by atoms with E-state index in [1.165, 1.54) is 17.0 Å². The molecule has 2 heterocycles. The van der Waals surface area contributed by atoms with Gasteiger partial charge in [0.25, 0.3) is 0 Å². The summed E-state index contributed by atoms with van der Waals surface area (Å²) in [6, 6.07) is 6.13. The van der Waals surface area contributed by atoms with Crippen molar-refractivity contribution < 1.29 is 9.18 Å². The molecule has 2 aromatic rings. The Morgan fingerprint density at radius 2 is 2.25 bits per heavy atom. The van der Waals surface area contributed by atoms with Crippen molar-refractivity contribution in [2.75, 3.05) is 31.1 Å². The number of nitrogens with one attached hydrogen (secondary N) is 2. The van der Waals surface area contributed by atoms with Gasteiger partial charge in [0.15, 0.2) is 0 Å². The zero-order chi connectivity index (χ0) is 16.9. The summed E-state index contributed by atoms with van der Waals surface area (Å²) in [5, 5.41) is 7.25. The van der Waals surface area contributed by atoms with Crippen molar-refractivity contribution in [1.29, 1.82) is 0 Å². The second-order valence-electron chi connectivity index (χ2n) is 5.83. The number of piperazine rings is 1. The largest absolute Gasteiger partial charge is 0.368 e. The van der Waals surface area contributed by atoms with Crippen molar-refractivity contribution in [3.8, 4) is 0 Å². The molecule has 24 heavy (non-hydrogen) atoms. The maximum absolute atomic E-state index is 13.0. The Bertz CT molecular complexity index is 688. The van der Waals surface area contributed by atoms with Crippen molar-refractivity contribution >= 4 is 22.9 Å². The Morgan fingerprint density at radius 3 is 2.96 bits per heavy atom. The molecule has 0 aliphatic carbocycles. The molecule has 0 radical (unpaired) electrons. The molecule has 1 aliphatic heterocycles. The average Bonchev–Trinajstić information content (AvgIpc) is 3.01. The van der Waals surface area contributed by atoms with E-state index in [0.717, 1.165) is 30.2 Å². The highest BCUT2D eigenvalue weighted by molar-refractivity contribution is 7.11. The first-order chi connectivity index (χ1) is 11.6. The standard InChI is InChI=1S/C17H21FN4OS/c1-12-10-21-16(24-12)6-7-20-17(23)15-11-22(9-8-19-15)14-4-2-13(18)3-5-14/h2-5,10,15,19H,6-9,11H2,1H3,(H,20,23). The Labute approximate surface area is 144 Å². The summed E-state index contributed by atoms with van der Waals surface area (Å²) in [5.74, 6) is -0.254. The number of halogens is 1. The van der Waals surface area contributed by atoms with Gasteiger partial charge >= 0.3 is 0 Å². The van der Waals surface area contributed by atoms with Crippen LogP contribution in [-0.2, 0) is 11.2 Å². The van der Waals surface area contributed by atoms with E-state index in [1.54, 1.807) is 23.5 Å². The monoisotopic (exact) mass is 348 g/mol. The summed E-state index contributed by atoms with van der Waals surface area (Å²) in [5.41, 5.74) is 0.939. The summed E-state index contributed by atoms with van der Waals surface area (Å²) in [6.45, 7) is 4.71. The fourth-order valence-corrected chi connectivity index (χ4v) is 3.53. The van der Waals surface area contributed by atoms with Gasteiger partial charge in [0.2, 0.25) is 5.91 Å². The summed E-state index contributed by atoms with van der Waals surface area (Å²) in [4.78, 5) is 19.9. The van der Waals surface area contributed by atoms with Crippen LogP contribution in [0.25, 0.3) is 0 Å². The number of nitrogens with zero attached hydrogens (tertiary/aromatic N) is 2. The van der Waals surface area contributed by atoms with Crippen LogP contribution in [0, 0.1) is 12.7 Å². The van der Waals surface area contributed by atoms with E-state index in [4.69, 9.17) is 0 Å². The van der Waals surface area contributed by atoms with Crippen LogP contribution >= 0.6 is 11.3 Å². The number of anilines is 1. The zero-order valence-electron chi connectivity index (χ0n) is 13.6. The highest BCUT2D eigenvalue weighted by Gasteiger charge is 2.25. The van der Waals surface area contributed by atoms with Gasteiger partial charge < -0.3 is 15.5 Å². The van der Waals surface area contributed by atoms with Gasteiger partial charge in [0.1, 0.15) is 11.9 Å².